The molecule has 1 aromatic carbocycles. The minimum Gasteiger partial charge on any atom is -0.459 e. The first-order chi connectivity index (χ1) is 10.9. The molecule has 1 aliphatic heterocycles. The van der Waals surface area contributed by atoms with Gasteiger partial charge in [-0.1, -0.05) is 18.2 Å². The lowest BCUT2D eigenvalue weighted by molar-refractivity contribution is -0.123. The number of amides is 1. The van der Waals surface area contributed by atoms with Crippen molar-refractivity contribution in [2.45, 2.75) is 13.0 Å². The van der Waals surface area contributed by atoms with Gasteiger partial charge in [0, 0.05) is 18.5 Å². The van der Waals surface area contributed by atoms with Crippen molar-refractivity contribution in [3.63, 3.8) is 0 Å². The number of fused-ring (bicyclic) bond motifs is 1. The molecule has 6 nitrogen and oxygen atoms in total. The molecule has 23 heavy (non-hydrogen) atoms. The number of hydrogen-bond donors (Lipinski definition) is 1. The number of carbonyl (C=O) groups is 1. The van der Waals surface area contributed by atoms with Gasteiger partial charge in [-0.05, 0) is 19.1 Å². The molecule has 1 saturated heterocycles. The lowest BCUT2D eigenvalue weighted by Gasteiger charge is -2.26. The van der Waals surface area contributed by atoms with Gasteiger partial charge in [-0.25, -0.2) is 8.42 Å². The molecule has 0 saturated carbocycles. The van der Waals surface area contributed by atoms with Crippen LogP contribution in [0.15, 0.2) is 34.7 Å². The molecule has 1 aliphatic rings. The van der Waals surface area contributed by atoms with E-state index in [0.717, 1.165) is 11.0 Å². The zero-order valence-electron chi connectivity index (χ0n) is 13.0. The van der Waals surface area contributed by atoms with Crippen LogP contribution in [0.1, 0.15) is 18.7 Å². The first-order valence-corrected chi connectivity index (χ1v) is 9.46. The van der Waals surface area contributed by atoms with Crippen molar-refractivity contribution in [3.05, 3.63) is 36.1 Å². The Morgan fingerprint density at radius 2 is 2.00 bits per heavy atom. The first-order valence-electron chi connectivity index (χ1n) is 7.63. The van der Waals surface area contributed by atoms with Gasteiger partial charge in [0.25, 0.3) is 0 Å². The number of nitrogens with one attached hydrogen (secondary N) is 1. The average Bonchev–Trinajstić information content (AvgIpc) is 2.93. The molecular formula is C16H20N2O4S. The van der Waals surface area contributed by atoms with Gasteiger partial charge >= 0.3 is 0 Å². The minimum atomic E-state index is -2.92. The van der Waals surface area contributed by atoms with E-state index in [9.17, 15) is 13.2 Å². The molecule has 0 bridgehead atoms. The van der Waals surface area contributed by atoms with E-state index in [0.29, 0.717) is 18.8 Å². The van der Waals surface area contributed by atoms with Gasteiger partial charge in [-0.3, -0.25) is 9.69 Å². The Hall–Kier alpha value is -1.86. The van der Waals surface area contributed by atoms with Crippen LogP contribution in [0.5, 0.6) is 0 Å². The van der Waals surface area contributed by atoms with Gasteiger partial charge in [0.1, 0.15) is 11.3 Å². The van der Waals surface area contributed by atoms with Crippen molar-refractivity contribution in [1.29, 1.82) is 0 Å². The molecule has 0 radical (unpaired) electrons. The van der Waals surface area contributed by atoms with Gasteiger partial charge in [0.2, 0.25) is 5.91 Å². The maximum absolute atomic E-state index is 12.1. The maximum Gasteiger partial charge on any atom is 0.234 e. The SMILES string of the molecule is C[C@@H](NC(=O)CN1CCS(=O)(=O)CC1)c1cc2ccccc2o1. The van der Waals surface area contributed by atoms with Gasteiger partial charge in [0.05, 0.1) is 24.1 Å². The van der Waals surface area contributed by atoms with E-state index >= 15 is 0 Å². The Labute approximate surface area is 135 Å². The molecule has 3 rings (SSSR count). The van der Waals surface area contributed by atoms with Crippen molar-refractivity contribution >= 4 is 26.7 Å². The molecule has 0 unspecified atom stereocenters. The van der Waals surface area contributed by atoms with Crippen LogP contribution in [0, 0.1) is 0 Å². The van der Waals surface area contributed by atoms with Crippen LogP contribution in [0.25, 0.3) is 11.0 Å². The summed E-state index contributed by atoms with van der Waals surface area (Å²) in [6, 6.07) is 9.39. The fraction of sp³-hybridized carbons (Fsp3) is 0.438. The summed E-state index contributed by atoms with van der Waals surface area (Å²) in [7, 11) is -2.92. The highest BCUT2D eigenvalue weighted by Crippen LogP contribution is 2.23. The van der Waals surface area contributed by atoms with E-state index in [1.54, 1.807) is 0 Å². The Morgan fingerprint density at radius 3 is 2.70 bits per heavy atom. The maximum atomic E-state index is 12.1. The number of hydrogen-bond acceptors (Lipinski definition) is 5. The van der Waals surface area contributed by atoms with Crippen molar-refractivity contribution in [1.82, 2.24) is 10.2 Å². The van der Waals surface area contributed by atoms with Crippen molar-refractivity contribution in [2.24, 2.45) is 0 Å². The molecule has 1 aromatic heterocycles. The van der Waals surface area contributed by atoms with Crippen molar-refractivity contribution in [2.75, 3.05) is 31.1 Å². The van der Waals surface area contributed by atoms with Crippen molar-refractivity contribution in [3.8, 4) is 0 Å². The minimum absolute atomic E-state index is 0.124. The van der Waals surface area contributed by atoms with Crippen LogP contribution in [-0.2, 0) is 14.6 Å². The van der Waals surface area contributed by atoms with Crippen LogP contribution >= 0.6 is 0 Å². The van der Waals surface area contributed by atoms with E-state index in [2.05, 4.69) is 5.32 Å². The molecule has 1 fully saturated rings. The fourth-order valence-electron chi connectivity index (χ4n) is 2.69. The number of nitrogens with zero attached hydrogens (tertiary/aromatic N) is 1. The smallest absolute Gasteiger partial charge is 0.234 e. The lowest BCUT2D eigenvalue weighted by atomic mass is 10.2. The summed E-state index contributed by atoms with van der Waals surface area (Å²) in [6.07, 6.45) is 0. The van der Waals surface area contributed by atoms with E-state index in [4.69, 9.17) is 4.42 Å². The standard InChI is InChI=1S/C16H20N2O4S/c1-12(15-10-13-4-2-3-5-14(13)22-15)17-16(19)11-18-6-8-23(20,21)9-7-18/h2-5,10,12H,6-9,11H2,1H3,(H,17,19)/t12-/m1/s1. The van der Waals surface area contributed by atoms with Crippen LogP contribution in [-0.4, -0.2) is 50.4 Å². The molecule has 1 N–H and O–H groups in total. The Morgan fingerprint density at radius 1 is 1.30 bits per heavy atom. The van der Waals surface area contributed by atoms with Crippen LogP contribution in [0.2, 0.25) is 0 Å². The second-order valence-corrected chi connectivity index (χ2v) is 8.21. The zero-order valence-corrected chi connectivity index (χ0v) is 13.8. The third-order valence-corrected chi connectivity index (χ3v) is 5.66. The molecule has 2 heterocycles. The van der Waals surface area contributed by atoms with Gasteiger partial charge < -0.3 is 9.73 Å². The molecular weight excluding hydrogens is 316 g/mol. The fourth-order valence-corrected chi connectivity index (χ4v) is 3.96. The predicted octanol–water partition coefficient (Wildman–Crippen LogP) is 1.34. The Balaban J connectivity index is 1.57. The number of rotatable bonds is 4. The van der Waals surface area contributed by atoms with Crippen LogP contribution in [0.4, 0.5) is 0 Å². The van der Waals surface area contributed by atoms with Gasteiger partial charge in [-0.15, -0.1) is 0 Å². The van der Waals surface area contributed by atoms with Crippen LogP contribution in [0.3, 0.4) is 0 Å². The van der Waals surface area contributed by atoms with Gasteiger partial charge in [0.15, 0.2) is 9.84 Å². The van der Waals surface area contributed by atoms with E-state index < -0.39 is 9.84 Å². The monoisotopic (exact) mass is 336 g/mol. The van der Waals surface area contributed by atoms with E-state index in [-0.39, 0.29) is 30.0 Å². The zero-order chi connectivity index (χ0) is 16.4. The molecule has 124 valence electrons. The highest BCUT2D eigenvalue weighted by molar-refractivity contribution is 7.91. The largest absolute Gasteiger partial charge is 0.459 e. The first kappa shape index (κ1) is 16.0. The summed E-state index contributed by atoms with van der Waals surface area (Å²) in [4.78, 5) is 14.0. The second-order valence-electron chi connectivity index (χ2n) is 5.90. The highest BCUT2D eigenvalue weighted by atomic mass is 32.2. The summed E-state index contributed by atoms with van der Waals surface area (Å²) in [5, 5.41) is 3.91. The molecule has 1 atom stereocenters. The summed E-state index contributed by atoms with van der Waals surface area (Å²) >= 11 is 0. The van der Waals surface area contributed by atoms with Gasteiger partial charge in [-0.2, -0.15) is 0 Å². The number of carbonyl (C=O) groups excluding carboxylic acids is 1. The third kappa shape index (κ3) is 3.92. The molecule has 1 amide bonds. The number of sulfone groups is 1. The molecule has 2 aromatic rings. The second kappa shape index (κ2) is 6.33. The topological polar surface area (TPSA) is 79.6 Å². The average molecular weight is 336 g/mol. The third-order valence-electron chi connectivity index (χ3n) is 4.05. The number of benzene rings is 1. The summed E-state index contributed by atoms with van der Waals surface area (Å²) < 4.78 is 28.5. The lowest BCUT2D eigenvalue weighted by Crippen LogP contribution is -2.45. The molecule has 0 spiro atoms. The normalized spacial score (nSPS) is 19.5. The number of furan rings is 1. The summed E-state index contributed by atoms with van der Waals surface area (Å²) in [5.41, 5.74) is 0.796. The summed E-state index contributed by atoms with van der Waals surface area (Å²) in [5.74, 6) is 0.830. The summed E-state index contributed by atoms with van der Waals surface area (Å²) in [6.45, 7) is 2.90. The van der Waals surface area contributed by atoms with Crippen LogP contribution < -0.4 is 5.32 Å². The van der Waals surface area contributed by atoms with E-state index in [1.807, 2.05) is 42.2 Å². The Kier molecular flexibility index (Phi) is 4.41. The Bertz CT molecular complexity index is 765. The van der Waals surface area contributed by atoms with E-state index in [1.165, 1.54) is 0 Å². The number of para-hydroxylation sites is 1. The quantitative estimate of drug-likeness (QED) is 0.911. The highest BCUT2D eigenvalue weighted by Gasteiger charge is 2.23. The van der Waals surface area contributed by atoms with Crippen molar-refractivity contribution < 1.29 is 17.6 Å². The molecule has 0 aliphatic carbocycles. The molecule has 7 heteroatoms. The predicted molar refractivity (Wildman–Crippen MR) is 87.9 cm³/mol.